The van der Waals surface area contributed by atoms with Crippen LogP contribution in [0.25, 0.3) is 0 Å². The van der Waals surface area contributed by atoms with Gasteiger partial charge in [0.05, 0.1) is 11.4 Å². The van der Waals surface area contributed by atoms with E-state index in [9.17, 15) is 4.79 Å². The van der Waals surface area contributed by atoms with Crippen molar-refractivity contribution < 1.29 is 4.79 Å². The van der Waals surface area contributed by atoms with Crippen molar-refractivity contribution in [1.82, 2.24) is 4.90 Å². The van der Waals surface area contributed by atoms with Crippen LogP contribution in [0.4, 0.5) is 0 Å². The Hall–Kier alpha value is -0.540. The van der Waals surface area contributed by atoms with Crippen LogP contribution in [0.2, 0.25) is 5.02 Å². The summed E-state index contributed by atoms with van der Waals surface area (Å²) in [5, 5.41) is 0.677. The molecule has 2 nitrogen and oxygen atoms in total. The van der Waals surface area contributed by atoms with Crippen LogP contribution < -0.4 is 0 Å². The van der Waals surface area contributed by atoms with E-state index in [-0.39, 0.29) is 5.91 Å². The number of carbonyl (C=O) groups is 1. The third-order valence-electron chi connectivity index (χ3n) is 3.21. The van der Waals surface area contributed by atoms with Gasteiger partial charge in [0.2, 0.25) is 5.91 Å². The molecule has 0 aromatic heterocycles. The molecule has 0 radical (unpaired) electrons. The minimum Gasteiger partial charge on any atom is -0.340 e. The van der Waals surface area contributed by atoms with E-state index >= 15 is 0 Å². The molecule has 1 amide bonds. The third-order valence-corrected chi connectivity index (χ3v) is 4.43. The van der Waals surface area contributed by atoms with Crippen LogP contribution in [0.3, 0.4) is 0 Å². The SMILES string of the molecule is C[C@@H]1CCCN1C(=O)Cc1ccc(Cl)c(Br)c1. The normalized spacial score (nSPS) is 19.7. The van der Waals surface area contributed by atoms with Crippen LogP contribution in [0.15, 0.2) is 22.7 Å². The van der Waals surface area contributed by atoms with Crippen molar-refractivity contribution in [3.05, 3.63) is 33.3 Å². The van der Waals surface area contributed by atoms with Gasteiger partial charge >= 0.3 is 0 Å². The Morgan fingerprint density at radius 2 is 2.35 bits per heavy atom. The lowest BCUT2D eigenvalue weighted by Crippen LogP contribution is -2.34. The van der Waals surface area contributed by atoms with E-state index < -0.39 is 0 Å². The number of nitrogens with zero attached hydrogens (tertiary/aromatic N) is 1. The number of amides is 1. The van der Waals surface area contributed by atoms with Crippen LogP contribution in [0, 0.1) is 0 Å². The van der Waals surface area contributed by atoms with Gasteiger partial charge in [0, 0.05) is 17.1 Å². The van der Waals surface area contributed by atoms with Crippen LogP contribution in [0.1, 0.15) is 25.3 Å². The monoisotopic (exact) mass is 315 g/mol. The predicted molar refractivity (Wildman–Crippen MR) is 73.3 cm³/mol. The Kier molecular flexibility index (Phi) is 4.10. The highest BCUT2D eigenvalue weighted by Gasteiger charge is 2.24. The molecule has 0 aliphatic carbocycles. The van der Waals surface area contributed by atoms with E-state index in [4.69, 9.17) is 11.6 Å². The van der Waals surface area contributed by atoms with Gasteiger partial charge in [-0.3, -0.25) is 4.79 Å². The average molecular weight is 317 g/mol. The summed E-state index contributed by atoms with van der Waals surface area (Å²) in [6, 6.07) is 6.03. The number of hydrogen-bond acceptors (Lipinski definition) is 1. The van der Waals surface area contributed by atoms with Crippen molar-refractivity contribution in [2.24, 2.45) is 0 Å². The lowest BCUT2D eigenvalue weighted by molar-refractivity contribution is -0.130. The van der Waals surface area contributed by atoms with E-state index in [1.54, 1.807) is 0 Å². The molecule has 0 N–H and O–H groups in total. The summed E-state index contributed by atoms with van der Waals surface area (Å²) >= 11 is 9.30. The molecule has 1 aliphatic rings. The molecule has 1 aromatic carbocycles. The van der Waals surface area contributed by atoms with Crippen molar-refractivity contribution in [3.8, 4) is 0 Å². The van der Waals surface area contributed by atoms with Crippen molar-refractivity contribution in [2.45, 2.75) is 32.2 Å². The van der Waals surface area contributed by atoms with Gasteiger partial charge in [0.15, 0.2) is 0 Å². The maximum atomic E-state index is 12.1. The van der Waals surface area contributed by atoms with Gasteiger partial charge in [-0.15, -0.1) is 0 Å². The number of carbonyl (C=O) groups excluding carboxylic acids is 1. The first-order valence-corrected chi connectivity index (χ1v) is 6.98. The van der Waals surface area contributed by atoms with E-state index in [0.717, 1.165) is 29.4 Å². The van der Waals surface area contributed by atoms with Gasteiger partial charge in [-0.05, 0) is 53.4 Å². The fourth-order valence-corrected chi connectivity index (χ4v) is 2.77. The molecule has 1 saturated heterocycles. The molecule has 0 spiro atoms. The molecule has 1 heterocycles. The van der Waals surface area contributed by atoms with Gasteiger partial charge in [0.25, 0.3) is 0 Å². The summed E-state index contributed by atoms with van der Waals surface area (Å²) in [4.78, 5) is 14.1. The number of likely N-dealkylation sites (tertiary alicyclic amines) is 1. The van der Waals surface area contributed by atoms with E-state index in [1.807, 2.05) is 23.1 Å². The first-order valence-electron chi connectivity index (χ1n) is 5.81. The zero-order chi connectivity index (χ0) is 12.4. The number of benzene rings is 1. The molecule has 1 aromatic rings. The van der Waals surface area contributed by atoms with Gasteiger partial charge in [-0.25, -0.2) is 0 Å². The van der Waals surface area contributed by atoms with Crippen LogP contribution in [0.5, 0.6) is 0 Å². The summed E-state index contributed by atoms with van der Waals surface area (Å²) in [6.45, 7) is 3.01. The topological polar surface area (TPSA) is 20.3 Å². The average Bonchev–Trinajstić information content (AvgIpc) is 2.70. The summed E-state index contributed by atoms with van der Waals surface area (Å²) in [7, 11) is 0. The lowest BCUT2D eigenvalue weighted by atomic mass is 10.1. The number of halogens is 2. The Balaban J connectivity index is 2.05. The molecular weight excluding hydrogens is 302 g/mol. The maximum Gasteiger partial charge on any atom is 0.227 e. The van der Waals surface area contributed by atoms with Crippen molar-refractivity contribution in [2.75, 3.05) is 6.54 Å². The first-order chi connectivity index (χ1) is 8.08. The summed E-state index contributed by atoms with van der Waals surface area (Å²) < 4.78 is 0.846. The van der Waals surface area contributed by atoms with Gasteiger partial charge < -0.3 is 4.90 Å². The smallest absolute Gasteiger partial charge is 0.227 e. The molecular formula is C13H15BrClNO. The highest BCUT2D eigenvalue weighted by atomic mass is 79.9. The zero-order valence-corrected chi connectivity index (χ0v) is 12.1. The van der Waals surface area contributed by atoms with Crippen molar-refractivity contribution in [3.63, 3.8) is 0 Å². The molecule has 4 heteroatoms. The molecule has 1 fully saturated rings. The molecule has 0 bridgehead atoms. The van der Waals surface area contributed by atoms with Crippen LogP contribution in [-0.2, 0) is 11.2 Å². The Morgan fingerprint density at radius 3 is 2.94 bits per heavy atom. The minimum absolute atomic E-state index is 0.212. The molecule has 0 saturated carbocycles. The minimum atomic E-state index is 0.212. The third kappa shape index (κ3) is 3.02. The standard InChI is InChI=1S/C13H15BrClNO/c1-9-3-2-6-16(9)13(17)8-10-4-5-12(15)11(14)7-10/h4-5,7,9H,2-3,6,8H2,1H3/t9-/m1/s1. The molecule has 2 rings (SSSR count). The summed E-state index contributed by atoms with van der Waals surface area (Å²) in [5.41, 5.74) is 1.00. The second-order valence-corrected chi connectivity index (χ2v) is 5.77. The largest absolute Gasteiger partial charge is 0.340 e. The Morgan fingerprint density at radius 1 is 1.59 bits per heavy atom. The van der Waals surface area contributed by atoms with E-state index in [0.29, 0.717) is 17.5 Å². The first kappa shape index (κ1) is 12.9. The number of rotatable bonds is 2. The summed E-state index contributed by atoms with van der Waals surface area (Å²) in [5.74, 6) is 0.212. The molecule has 1 atom stereocenters. The van der Waals surface area contributed by atoms with Crippen molar-refractivity contribution in [1.29, 1.82) is 0 Å². The number of hydrogen-bond donors (Lipinski definition) is 0. The zero-order valence-electron chi connectivity index (χ0n) is 9.75. The van der Waals surface area contributed by atoms with E-state index in [2.05, 4.69) is 22.9 Å². The molecule has 0 unspecified atom stereocenters. The maximum absolute atomic E-state index is 12.1. The van der Waals surface area contributed by atoms with Crippen LogP contribution >= 0.6 is 27.5 Å². The van der Waals surface area contributed by atoms with E-state index in [1.165, 1.54) is 0 Å². The fraction of sp³-hybridized carbons (Fsp3) is 0.462. The highest BCUT2D eigenvalue weighted by Crippen LogP contribution is 2.24. The quantitative estimate of drug-likeness (QED) is 0.815. The lowest BCUT2D eigenvalue weighted by Gasteiger charge is -2.21. The van der Waals surface area contributed by atoms with Gasteiger partial charge in [-0.2, -0.15) is 0 Å². The van der Waals surface area contributed by atoms with Gasteiger partial charge in [-0.1, -0.05) is 17.7 Å². The van der Waals surface area contributed by atoms with Crippen LogP contribution in [-0.4, -0.2) is 23.4 Å². The molecule has 17 heavy (non-hydrogen) atoms. The molecule has 92 valence electrons. The summed E-state index contributed by atoms with van der Waals surface area (Å²) in [6.07, 6.45) is 2.70. The Bertz CT molecular complexity index is 435. The Labute approximate surface area is 115 Å². The van der Waals surface area contributed by atoms with Crippen molar-refractivity contribution >= 4 is 33.4 Å². The second-order valence-electron chi connectivity index (χ2n) is 4.50. The molecule has 1 aliphatic heterocycles. The van der Waals surface area contributed by atoms with Gasteiger partial charge in [0.1, 0.15) is 0 Å². The highest BCUT2D eigenvalue weighted by molar-refractivity contribution is 9.10. The predicted octanol–water partition coefficient (Wildman–Crippen LogP) is 3.66. The fourth-order valence-electron chi connectivity index (χ4n) is 2.23. The second kappa shape index (κ2) is 5.40.